The van der Waals surface area contributed by atoms with Crippen molar-refractivity contribution in [2.75, 3.05) is 4.90 Å². The van der Waals surface area contributed by atoms with E-state index in [1.165, 1.54) is 24.3 Å². The van der Waals surface area contributed by atoms with E-state index in [-0.39, 0.29) is 29.3 Å². The van der Waals surface area contributed by atoms with Crippen molar-refractivity contribution in [3.8, 4) is 5.75 Å². The van der Waals surface area contributed by atoms with Crippen molar-refractivity contribution in [3.63, 3.8) is 0 Å². The average molecular weight is 368 g/mol. The molecule has 2 aromatic carbocycles. The van der Waals surface area contributed by atoms with Crippen LogP contribution in [0.4, 0.5) is 11.4 Å². The maximum absolute atomic E-state index is 13.0. The number of benzene rings is 2. The van der Waals surface area contributed by atoms with E-state index in [9.17, 15) is 24.8 Å². The van der Waals surface area contributed by atoms with Gasteiger partial charge >= 0.3 is 5.97 Å². The van der Waals surface area contributed by atoms with Crippen LogP contribution in [0.25, 0.3) is 6.08 Å². The van der Waals surface area contributed by atoms with Crippen molar-refractivity contribution in [2.24, 2.45) is 0 Å². The molecule has 138 valence electrons. The monoisotopic (exact) mass is 368 g/mol. The van der Waals surface area contributed by atoms with Crippen LogP contribution in [-0.2, 0) is 9.59 Å². The molecule has 0 spiro atoms. The van der Waals surface area contributed by atoms with E-state index in [1.54, 1.807) is 31.2 Å². The van der Waals surface area contributed by atoms with E-state index >= 15 is 0 Å². The molecule has 3 rings (SSSR count). The number of aliphatic carboxylic acids is 1. The van der Waals surface area contributed by atoms with Gasteiger partial charge in [-0.05, 0) is 24.1 Å². The van der Waals surface area contributed by atoms with E-state index in [2.05, 4.69) is 0 Å². The molecule has 1 aliphatic rings. The highest BCUT2D eigenvalue weighted by Gasteiger charge is 2.38. The summed E-state index contributed by atoms with van der Waals surface area (Å²) in [5.41, 5.74) is 0.647. The lowest BCUT2D eigenvalue weighted by Gasteiger charge is -2.34. The summed E-state index contributed by atoms with van der Waals surface area (Å²) in [4.78, 5) is 36.2. The number of nitrogens with zero attached hydrogens (tertiary/aromatic N) is 2. The van der Waals surface area contributed by atoms with Crippen LogP contribution in [0.1, 0.15) is 18.9 Å². The Hall–Kier alpha value is -3.68. The molecule has 0 radical (unpaired) electrons. The Labute approximate surface area is 154 Å². The zero-order valence-corrected chi connectivity index (χ0v) is 14.4. The Balaban J connectivity index is 2.15. The molecule has 0 aliphatic carbocycles. The molecule has 0 bridgehead atoms. The lowest BCUT2D eigenvalue weighted by Crippen LogP contribution is -2.48. The molecule has 0 aromatic heterocycles. The summed E-state index contributed by atoms with van der Waals surface area (Å²) < 4.78 is 5.62. The summed E-state index contributed by atoms with van der Waals surface area (Å²) >= 11 is 0. The SMILES string of the molecule is CCC(C(=O)O)N1C(=O)/C(=C\c2ccccc2)Oc2cc([N+](=O)[O-])ccc21. The van der Waals surface area contributed by atoms with Crippen molar-refractivity contribution in [1.82, 2.24) is 0 Å². The summed E-state index contributed by atoms with van der Waals surface area (Å²) in [6.07, 6.45) is 1.64. The van der Waals surface area contributed by atoms with Gasteiger partial charge in [-0.25, -0.2) is 4.79 Å². The number of hydrogen-bond donors (Lipinski definition) is 1. The smallest absolute Gasteiger partial charge is 0.326 e. The quantitative estimate of drug-likeness (QED) is 0.493. The molecule has 8 heteroatoms. The minimum atomic E-state index is -1.17. The van der Waals surface area contributed by atoms with Gasteiger partial charge in [0.1, 0.15) is 6.04 Å². The minimum absolute atomic E-state index is 0.0608. The Kier molecular flexibility index (Phi) is 4.89. The number of carboxylic acids is 1. The number of ether oxygens (including phenoxy) is 1. The number of amides is 1. The second kappa shape index (κ2) is 7.28. The number of carbonyl (C=O) groups excluding carboxylic acids is 1. The predicted octanol–water partition coefficient (Wildman–Crippen LogP) is 3.22. The third-order valence-corrected chi connectivity index (χ3v) is 4.14. The first kappa shape index (κ1) is 18.1. The second-order valence-corrected chi connectivity index (χ2v) is 5.87. The van der Waals surface area contributed by atoms with Crippen molar-refractivity contribution in [1.29, 1.82) is 0 Å². The number of hydrogen-bond acceptors (Lipinski definition) is 5. The van der Waals surface area contributed by atoms with Gasteiger partial charge in [0.25, 0.3) is 11.6 Å². The summed E-state index contributed by atoms with van der Waals surface area (Å²) in [6.45, 7) is 1.65. The van der Waals surface area contributed by atoms with E-state index < -0.39 is 22.8 Å². The first-order valence-electron chi connectivity index (χ1n) is 8.21. The summed E-state index contributed by atoms with van der Waals surface area (Å²) in [6, 6.07) is 11.5. The normalized spacial score (nSPS) is 15.8. The maximum Gasteiger partial charge on any atom is 0.326 e. The maximum atomic E-state index is 13.0. The van der Waals surface area contributed by atoms with Crippen LogP contribution in [0.2, 0.25) is 0 Å². The second-order valence-electron chi connectivity index (χ2n) is 5.87. The minimum Gasteiger partial charge on any atom is -0.480 e. The number of fused-ring (bicyclic) bond motifs is 1. The highest BCUT2D eigenvalue weighted by Crippen LogP contribution is 2.40. The highest BCUT2D eigenvalue weighted by molar-refractivity contribution is 6.12. The Bertz CT molecular complexity index is 938. The molecule has 1 amide bonds. The van der Waals surface area contributed by atoms with Crippen LogP contribution in [0, 0.1) is 10.1 Å². The zero-order chi connectivity index (χ0) is 19.6. The van der Waals surface area contributed by atoms with Gasteiger partial charge in [0.15, 0.2) is 11.5 Å². The molecular formula is C19H16N2O6. The van der Waals surface area contributed by atoms with Gasteiger partial charge in [0.05, 0.1) is 16.7 Å². The Morgan fingerprint density at radius 1 is 1.30 bits per heavy atom. The number of nitro groups is 1. The molecule has 0 saturated carbocycles. The molecule has 27 heavy (non-hydrogen) atoms. The molecule has 1 heterocycles. The third kappa shape index (κ3) is 3.50. The van der Waals surface area contributed by atoms with Crippen LogP contribution < -0.4 is 9.64 Å². The van der Waals surface area contributed by atoms with Gasteiger partial charge in [0, 0.05) is 6.07 Å². The van der Waals surface area contributed by atoms with Crippen molar-refractivity contribution < 1.29 is 24.4 Å². The van der Waals surface area contributed by atoms with Crippen LogP contribution >= 0.6 is 0 Å². The predicted molar refractivity (Wildman–Crippen MR) is 97.3 cm³/mol. The molecule has 8 nitrogen and oxygen atoms in total. The Morgan fingerprint density at radius 2 is 2.00 bits per heavy atom. The average Bonchev–Trinajstić information content (AvgIpc) is 2.65. The summed E-state index contributed by atoms with van der Waals surface area (Å²) in [5.74, 6) is -1.83. The fourth-order valence-corrected chi connectivity index (χ4v) is 2.86. The number of carboxylic acid groups (broad SMARTS) is 1. The lowest BCUT2D eigenvalue weighted by atomic mass is 10.1. The van der Waals surface area contributed by atoms with E-state index in [4.69, 9.17) is 4.74 Å². The molecule has 1 atom stereocenters. The van der Waals surface area contributed by atoms with Gasteiger partial charge in [-0.2, -0.15) is 0 Å². The first-order chi connectivity index (χ1) is 12.9. The number of nitro benzene ring substituents is 1. The molecule has 0 saturated heterocycles. The number of carbonyl (C=O) groups is 2. The highest BCUT2D eigenvalue weighted by atomic mass is 16.6. The molecule has 1 aliphatic heterocycles. The molecule has 2 aromatic rings. The topological polar surface area (TPSA) is 110 Å². The van der Waals surface area contributed by atoms with Crippen LogP contribution in [0.15, 0.2) is 54.3 Å². The molecular weight excluding hydrogens is 352 g/mol. The third-order valence-electron chi connectivity index (χ3n) is 4.14. The van der Waals surface area contributed by atoms with Gasteiger partial charge < -0.3 is 9.84 Å². The van der Waals surface area contributed by atoms with Gasteiger partial charge in [-0.15, -0.1) is 0 Å². The largest absolute Gasteiger partial charge is 0.480 e. The number of rotatable bonds is 5. The molecule has 1 unspecified atom stereocenters. The van der Waals surface area contributed by atoms with Crippen LogP contribution in [0.5, 0.6) is 5.75 Å². The van der Waals surface area contributed by atoms with Gasteiger partial charge in [-0.3, -0.25) is 19.8 Å². The lowest BCUT2D eigenvalue weighted by molar-refractivity contribution is -0.384. The fraction of sp³-hybridized carbons (Fsp3) is 0.158. The number of anilines is 1. The molecule has 0 fully saturated rings. The summed E-state index contributed by atoms with van der Waals surface area (Å²) in [5, 5.41) is 20.6. The van der Waals surface area contributed by atoms with Crippen molar-refractivity contribution in [2.45, 2.75) is 19.4 Å². The summed E-state index contributed by atoms with van der Waals surface area (Å²) in [7, 11) is 0. The van der Waals surface area contributed by atoms with Gasteiger partial charge in [-0.1, -0.05) is 37.3 Å². The fourth-order valence-electron chi connectivity index (χ4n) is 2.86. The molecule has 1 N–H and O–H groups in total. The standard InChI is InChI=1S/C19H16N2O6/c1-2-14(19(23)24)20-15-9-8-13(21(25)26)11-16(15)27-17(18(20)22)10-12-6-4-3-5-7-12/h3-11,14H,2H2,1H3,(H,23,24)/b17-10+. The van der Waals surface area contributed by atoms with Crippen LogP contribution in [0.3, 0.4) is 0 Å². The van der Waals surface area contributed by atoms with E-state index in [1.807, 2.05) is 6.07 Å². The van der Waals surface area contributed by atoms with E-state index in [0.717, 1.165) is 4.90 Å². The first-order valence-corrected chi connectivity index (χ1v) is 8.21. The van der Waals surface area contributed by atoms with Crippen LogP contribution in [-0.4, -0.2) is 27.9 Å². The zero-order valence-electron chi connectivity index (χ0n) is 14.4. The van der Waals surface area contributed by atoms with Gasteiger partial charge in [0.2, 0.25) is 0 Å². The number of non-ortho nitro benzene ring substituents is 1. The van der Waals surface area contributed by atoms with E-state index in [0.29, 0.717) is 5.56 Å². The Morgan fingerprint density at radius 3 is 2.59 bits per heavy atom. The van der Waals surface area contributed by atoms with Crippen molar-refractivity contribution >= 4 is 29.3 Å². The van der Waals surface area contributed by atoms with Crippen molar-refractivity contribution in [3.05, 3.63) is 70.0 Å².